The van der Waals surface area contributed by atoms with Gasteiger partial charge in [0.2, 0.25) is 0 Å². The fraction of sp³-hybridized carbons (Fsp3) is 0.333. The molecule has 0 amide bonds. The van der Waals surface area contributed by atoms with Gasteiger partial charge in [0.15, 0.2) is 0 Å². The third-order valence-corrected chi connectivity index (χ3v) is 3.11. The monoisotopic (exact) mass is 230 g/mol. The Morgan fingerprint density at radius 2 is 2.24 bits per heavy atom. The molecule has 17 heavy (non-hydrogen) atoms. The van der Waals surface area contributed by atoms with E-state index in [0.717, 1.165) is 25.3 Å². The van der Waals surface area contributed by atoms with Gasteiger partial charge < -0.3 is 10.4 Å². The first kappa shape index (κ1) is 10.3. The second kappa shape index (κ2) is 4.18. The van der Waals surface area contributed by atoms with Crippen molar-refractivity contribution >= 4 is 0 Å². The number of rotatable bonds is 2. The lowest BCUT2D eigenvalue weighted by Crippen LogP contribution is -2.12. The van der Waals surface area contributed by atoms with E-state index in [9.17, 15) is 5.11 Å². The molecule has 2 heterocycles. The number of phenolic OH excluding ortho intramolecular Hbond substituents is 1. The average molecular weight is 230 g/mol. The van der Waals surface area contributed by atoms with Crippen LogP contribution < -0.4 is 5.32 Å². The summed E-state index contributed by atoms with van der Waals surface area (Å²) in [6.45, 7) is 1.94. The molecule has 1 aliphatic heterocycles. The standard InChI is InChI=1S/C12H14N4O/c17-11-4-2-1-3-10(11)16-12(14-8-15-16)9-5-6-13-7-9/h1-4,8-9,13,17H,5-7H2. The molecule has 5 heteroatoms. The lowest BCUT2D eigenvalue weighted by Gasteiger charge is -2.11. The molecule has 1 aromatic heterocycles. The van der Waals surface area contributed by atoms with E-state index in [2.05, 4.69) is 15.4 Å². The van der Waals surface area contributed by atoms with Gasteiger partial charge in [0, 0.05) is 12.5 Å². The van der Waals surface area contributed by atoms with Gasteiger partial charge in [-0.05, 0) is 25.1 Å². The van der Waals surface area contributed by atoms with Gasteiger partial charge in [0.25, 0.3) is 0 Å². The third kappa shape index (κ3) is 1.78. The molecule has 0 saturated carbocycles. The van der Waals surface area contributed by atoms with Gasteiger partial charge in [0.1, 0.15) is 23.6 Å². The van der Waals surface area contributed by atoms with Crippen molar-refractivity contribution < 1.29 is 5.11 Å². The Labute approximate surface area is 99.1 Å². The van der Waals surface area contributed by atoms with Crippen molar-refractivity contribution in [1.82, 2.24) is 20.1 Å². The quantitative estimate of drug-likeness (QED) is 0.809. The molecule has 1 aliphatic rings. The van der Waals surface area contributed by atoms with Crippen LogP contribution in [0.2, 0.25) is 0 Å². The van der Waals surface area contributed by atoms with Gasteiger partial charge in [-0.25, -0.2) is 9.67 Å². The summed E-state index contributed by atoms with van der Waals surface area (Å²) in [5, 5.41) is 17.4. The Bertz CT molecular complexity index is 517. The zero-order chi connectivity index (χ0) is 11.7. The molecule has 0 spiro atoms. The van der Waals surface area contributed by atoms with Gasteiger partial charge in [-0.2, -0.15) is 5.10 Å². The van der Waals surface area contributed by atoms with E-state index in [1.54, 1.807) is 23.1 Å². The van der Waals surface area contributed by atoms with Crippen LogP contribution in [0.1, 0.15) is 18.2 Å². The molecule has 1 unspecified atom stereocenters. The van der Waals surface area contributed by atoms with Crippen molar-refractivity contribution in [3.63, 3.8) is 0 Å². The van der Waals surface area contributed by atoms with E-state index in [-0.39, 0.29) is 5.75 Å². The van der Waals surface area contributed by atoms with Crippen LogP contribution >= 0.6 is 0 Å². The second-order valence-corrected chi connectivity index (χ2v) is 4.21. The zero-order valence-corrected chi connectivity index (χ0v) is 9.37. The highest BCUT2D eigenvalue weighted by Crippen LogP contribution is 2.26. The summed E-state index contributed by atoms with van der Waals surface area (Å²) < 4.78 is 1.73. The van der Waals surface area contributed by atoms with Crippen LogP contribution in [0, 0.1) is 0 Å². The summed E-state index contributed by atoms with van der Waals surface area (Å²) in [7, 11) is 0. The molecule has 2 aromatic rings. The van der Waals surface area contributed by atoms with Gasteiger partial charge in [0.05, 0.1) is 0 Å². The van der Waals surface area contributed by atoms with Crippen molar-refractivity contribution in [2.45, 2.75) is 12.3 Å². The molecule has 88 valence electrons. The fourth-order valence-electron chi connectivity index (χ4n) is 2.23. The predicted octanol–water partition coefficient (Wildman–Crippen LogP) is 1.05. The molecule has 0 radical (unpaired) electrons. The lowest BCUT2D eigenvalue weighted by molar-refractivity contribution is 0.468. The Hall–Kier alpha value is -1.88. The maximum Gasteiger partial charge on any atom is 0.141 e. The second-order valence-electron chi connectivity index (χ2n) is 4.21. The summed E-state index contributed by atoms with van der Waals surface area (Å²) in [6, 6.07) is 7.18. The van der Waals surface area contributed by atoms with Gasteiger partial charge >= 0.3 is 0 Å². The number of phenols is 1. The maximum absolute atomic E-state index is 9.85. The van der Waals surface area contributed by atoms with E-state index in [4.69, 9.17) is 0 Å². The van der Waals surface area contributed by atoms with Crippen LogP contribution in [-0.2, 0) is 0 Å². The van der Waals surface area contributed by atoms with Crippen molar-refractivity contribution in [2.24, 2.45) is 0 Å². The van der Waals surface area contributed by atoms with Crippen LogP contribution in [-0.4, -0.2) is 33.0 Å². The van der Waals surface area contributed by atoms with E-state index < -0.39 is 0 Å². The SMILES string of the molecule is Oc1ccccc1-n1ncnc1C1CCNC1. The number of aromatic hydroxyl groups is 1. The van der Waals surface area contributed by atoms with Gasteiger partial charge in [-0.1, -0.05) is 12.1 Å². The molecular weight excluding hydrogens is 216 g/mol. The first-order valence-electron chi connectivity index (χ1n) is 5.75. The summed E-state index contributed by atoms with van der Waals surface area (Å²) in [6.07, 6.45) is 2.60. The average Bonchev–Trinajstić information content (AvgIpc) is 3.00. The predicted molar refractivity (Wildman–Crippen MR) is 63.3 cm³/mol. The van der Waals surface area contributed by atoms with Crippen molar-refractivity contribution in [2.75, 3.05) is 13.1 Å². The maximum atomic E-state index is 9.85. The molecule has 0 bridgehead atoms. The van der Waals surface area contributed by atoms with Crippen molar-refractivity contribution in [3.05, 3.63) is 36.4 Å². The summed E-state index contributed by atoms with van der Waals surface area (Å²) in [5.41, 5.74) is 0.687. The summed E-state index contributed by atoms with van der Waals surface area (Å²) in [5.74, 6) is 1.51. The van der Waals surface area contributed by atoms with Crippen LogP contribution in [0.15, 0.2) is 30.6 Å². The normalized spacial score (nSPS) is 19.6. The fourth-order valence-corrected chi connectivity index (χ4v) is 2.23. The van der Waals surface area contributed by atoms with Crippen LogP contribution in [0.25, 0.3) is 5.69 Å². The minimum Gasteiger partial charge on any atom is -0.506 e. The Morgan fingerprint density at radius 3 is 3.00 bits per heavy atom. The molecule has 1 saturated heterocycles. The minimum absolute atomic E-state index is 0.227. The number of hydrogen-bond acceptors (Lipinski definition) is 4. The molecule has 3 rings (SSSR count). The molecule has 2 N–H and O–H groups in total. The minimum atomic E-state index is 0.227. The van der Waals surface area contributed by atoms with E-state index >= 15 is 0 Å². The van der Waals surface area contributed by atoms with Crippen LogP contribution in [0.5, 0.6) is 5.75 Å². The highest BCUT2D eigenvalue weighted by atomic mass is 16.3. The number of nitrogens with one attached hydrogen (secondary N) is 1. The number of benzene rings is 1. The van der Waals surface area contributed by atoms with Crippen molar-refractivity contribution in [1.29, 1.82) is 0 Å². The van der Waals surface area contributed by atoms with E-state index in [1.807, 2.05) is 12.1 Å². The Kier molecular flexibility index (Phi) is 2.53. The molecule has 1 aromatic carbocycles. The molecular formula is C12H14N4O. The van der Waals surface area contributed by atoms with E-state index in [1.165, 1.54) is 0 Å². The van der Waals surface area contributed by atoms with Gasteiger partial charge in [-0.15, -0.1) is 0 Å². The van der Waals surface area contributed by atoms with Crippen molar-refractivity contribution in [3.8, 4) is 11.4 Å². The third-order valence-electron chi connectivity index (χ3n) is 3.11. The number of hydrogen-bond donors (Lipinski definition) is 2. The van der Waals surface area contributed by atoms with E-state index in [0.29, 0.717) is 11.6 Å². The highest BCUT2D eigenvalue weighted by Gasteiger charge is 2.23. The lowest BCUT2D eigenvalue weighted by atomic mass is 10.1. The molecule has 5 nitrogen and oxygen atoms in total. The zero-order valence-electron chi connectivity index (χ0n) is 9.37. The highest BCUT2D eigenvalue weighted by molar-refractivity contribution is 5.45. The largest absolute Gasteiger partial charge is 0.506 e. The van der Waals surface area contributed by atoms with Crippen LogP contribution in [0.3, 0.4) is 0 Å². The Morgan fingerprint density at radius 1 is 1.35 bits per heavy atom. The first-order valence-corrected chi connectivity index (χ1v) is 5.75. The first-order chi connectivity index (χ1) is 8.36. The molecule has 1 atom stereocenters. The molecule has 0 aliphatic carbocycles. The van der Waals surface area contributed by atoms with Gasteiger partial charge in [-0.3, -0.25) is 0 Å². The van der Waals surface area contributed by atoms with Crippen LogP contribution in [0.4, 0.5) is 0 Å². The number of nitrogens with zero attached hydrogens (tertiary/aromatic N) is 3. The molecule has 1 fully saturated rings. The summed E-state index contributed by atoms with van der Waals surface area (Å²) in [4.78, 5) is 4.32. The smallest absolute Gasteiger partial charge is 0.141 e. The number of para-hydroxylation sites is 2. The topological polar surface area (TPSA) is 63.0 Å². The summed E-state index contributed by atoms with van der Waals surface area (Å²) >= 11 is 0. The number of aromatic nitrogens is 3. The Balaban J connectivity index is 2.04.